The summed E-state index contributed by atoms with van der Waals surface area (Å²) in [6, 6.07) is 6.83. The van der Waals surface area contributed by atoms with Crippen LogP contribution in [0.25, 0.3) is 16.9 Å². The zero-order valence-electron chi connectivity index (χ0n) is 12.6. The summed E-state index contributed by atoms with van der Waals surface area (Å²) in [5.74, 6) is -0.752. The number of amides is 1. The van der Waals surface area contributed by atoms with Gasteiger partial charge in [0.25, 0.3) is 5.91 Å². The van der Waals surface area contributed by atoms with Gasteiger partial charge in [0.05, 0.1) is 5.69 Å². The molecule has 1 N–H and O–H groups in total. The highest BCUT2D eigenvalue weighted by molar-refractivity contribution is 5.95. The highest BCUT2D eigenvalue weighted by Gasteiger charge is 2.16. The van der Waals surface area contributed by atoms with Gasteiger partial charge in [-0.25, -0.2) is 9.37 Å². The van der Waals surface area contributed by atoms with E-state index in [0.717, 1.165) is 11.2 Å². The fourth-order valence-corrected chi connectivity index (χ4v) is 2.55. The zero-order chi connectivity index (χ0) is 15.9. The smallest absolute Gasteiger partial charge is 0.251 e. The van der Waals surface area contributed by atoms with Crippen LogP contribution in [0.3, 0.4) is 0 Å². The number of hydrogen-bond acceptors (Lipinski definition) is 2. The number of nitrogens with one attached hydrogen (secondary N) is 1. The summed E-state index contributed by atoms with van der Waals surface area (Å²) in [5, 5.41) is 2.50. The molecule has 0 radical (unpaired) electrons. The highest BCUT2D eigenvalue weighted by Crippen LogP contribution is 2.27. The number of benzene rings is 1. The molecule has 1 aromatic carbocycles. The average molecular weight is 297 g/mol. The minimum atomic E-state index is -0.446. The lowest BCUT2D eigenvalue weighted by Crippen LogP contribution is -2.18. The number of imidazole rings is 1. The van der Waals surface area contributed by atoms with Crippen LogP contribution in [0.4, 0.5) is 4.39 Å². The van der Waals surface area contributed by atoms with E-state index in [2.05, 4.69) is 10.3 Å². The van der Waals surface area contributed by atoms with Gasteiger partial charge in [-0.1, -0.05) is 0 Å². The molecule has 1 amide bonds. The fraction of sp³-hybridized carbons (Fsp3) is 0.176. The maximum atomic E-state index is 14.5. The lowest BCUT2D eigenvalue weighted by Gasteiger charge is -2.07. The first-order valence-corrected chi connectivity index (χ1v) is 6.97. The summed E-state index contributed by atoms with van der Waals surface area (Å²) < 4.78 is 16.3. The summed E-state index contributed by atoms with van der Waals surface area (Å²) in [4.78, 5) is 16.1. The Balaban J connectivity index is 2.15. The van der Waals surface area contributed by atoms with Gasteiger partial charge in [0.1, 0.15) is 11.5 Å². The molecular formula is C17H16FN3O. The minimum Gasteiger partial charge on any atom is -0.355 e. The molecule has 0 spiro atoms. The number of carbonyl (C=O) groups excluding carboxylic acids is 1. The summed E-state index contributed by atoms with van der Waals surface area (Å²) in [7, 11) is 1.52. The van der Waals surface area contributed by atoms with Crippen molar-refractivity contribution in [3.05, 3.63) is 59.2 Å². The lowest BCUT2D eigenvalue weighted by molar-refractivity contribution is 0.0962. The number of carbonyl (C=O) groups is 1. The average Bonchev–Trinajstić information content (AvgIpc) is 2.87. The Morgan fingerprint density at radius 3 is 2.73 bits per heavy atom. The quantitative estimate of drug-likeness (QED) is 0.790. The van der Waals surface area contributed by atoms with Gasteiger partial charge >= 0.3 is 0 Å². The molecule has 0 fully saturated rings. The molecule has 3 rings (SSSR count). The van der Waals surface area contributed by atoms with E-state index in [9.17, 15) is 9.18 Å². The molecular weight excluding hydrogens is 281 g/mol. The van der Waals surface area contributed by atoms with E-state index < -0.39 is 5.82 Å². The molecule has 0 saturated carbocycles. The van der Waals surface area contributed by atoms with E-state index in [1.807, 2.05) is 29.7 Å². The predicted molar refractivity (Wildman–Crippen MR) is 83.5 cm³/mol. The highest BCUT2D eigenvalue weighted by atomic mass is 19.1. The van der Waals surface area contributed by atoms with E-state index in [1.165, 1.54) is 13.1 Å². The van der Waals surface area contributed by atoms with Gasteiger partial charge in [-0.05, 0) is 49.2 Å². The van der Waals surface area contributed by atoms with Crippen LogP contribution in [-0.4, -0.2) is 22.3 Å². The Morgan fingerprint density at radius 2 is 2.05 bits per heavy atom. The Labute approximate surface area is 127 Å². The van der Waals surface area contributed by atoms with E-state index in [0.29, 0.717) is 22.4 Å². The molecule has 0 aliphatic carbocycles. The van der Waals surface area contributed by atoms with E-state index in [-0.39, 0.29) is 5.91 Å². The molecule has 0 bridgehead atoms. The van der Waals surface area contributed by atoms with E-state index >= 15 is 0 Å². The van der Waals surface area contributed by atoms with Crippen molar-refractivity contribution in [2.75, 3.05) is 7.05 Å². The van der Waals surface area contributed by atoms with Crippen molar-refractivity contribution in [1.29, 1.82) is 0 Å². The van der Waals surface area contributed by atoms with Crippen LogP contribution >= 0.6 is 0 Å². The summed E-state index contributed by atoms with van der Waals surface area (Å²) in [6.45, 7) is 3.76. The van der Waals surface area contributed by atoms with Gasteiger partial charge in [0, 0.05) is 30.6 Å². The number of aromatic nitrogens is 2. The number of fused-ring (bicyclic) bond motifs is 1. The van der Waals surface area contributed by atoms with Crippen molar-refractivity contribution >= 4 is 11.6 Å². The third-order valence-corrected chi connectivity index (χ3v) is 3.65. The van der Waals surface area contributed by atoms with E-state index in [1.54, 1.807) is 19.2 Å². The van der Waals surface area contributed by atoms with Crippen molar-refractivity contribution in [2.45, 2.75) is 13.8 Å². The molecule has 4 nitrogen and oxygen atoms in total. The molecule has 5 heteroatoms. The molecule has 2 heterocycles. The van der Waals surface area contributed by atoms with Gasteiger partial charge in [-0.3, -0.25) is 4.79 Å². The Hall–Kier alpha value is -2.69. The fourth-order valence-electron chi connectivity index (χ4n) is 2.55. The number of aryl methyl sites for hydroxylation is 2. The summed E-state index contributed by atoms with van der Waals surface area (Å²) in [6.07, 6.45) is 3.69. The monoisotopic (exact) mass is 297 g/mol. The zero-order valence-corrected chi connectivity index (χ0v) is 12.6. The number of nitrogens with zero attached hydrogens (tertiary/aromatic N) is 2. The first-order chi connectivity index (χ1) is 10.5. The third kappa shape index (κ3) is 2.35. The maximum absolute atomic E-state index is 14.5. The minimum absolute atomic E-state index is 0.306. The number of hydrogen-bond donors (Lipinski definition) is 1. The molecule has 0 unspecified atom stereocenters. The first-order valence-electron chi connectivity index (χ1n) is 6.97. The second kappa shape index (κ2) is 5.26. The SMILES string of the molecule is CNC(=O)c1cc(C)c(-c2cn3ccc(C)cc3n2)c(F)c1. The van der Waals surface area contributed by atoms with Gasteiger partial charge < -0.3 is 9.72 Å². The number of halogens is 1. The predicted octanol–water partition coefficient (Wildman–Crippen LogP) is 3.12. The Morgan fingerprint density at radius 1 is 1.27 bits per heavy atom. The topological polar surface area (TPSA) is 46.4 Å². The van der Waals surface area contributed by atoms with Crippen LogP contribution in [-0.2, 0) is 0 Å². The molecule has 112 valence electrons. The van der Waals surface area contributed by atoms with Crippen LogP contribution < -0.4 is 5.32 Å². The molecule has 0 aliphatic heterocycles. The van der Waals surface area contributed by atoms with Gasteiger partial charge in [-0.15, -0.1) is 0 Å². The van der Waals surface area contributed by atoms with Crippen LogP contribution in [0, 0.1) is 19.7 Å². The number of rotatable bonds is 2. The van der Waals surface area contributed by atoms with Crippen molar-refractivity contribution in [3.63, 3.8) is 0 Å². The lowest BCUT2D eigenvalue weighted by atomic mass is 10.0. The standard InChI is InChI=1S/C17H16FN3O/c1-10-4-5-21-9-14(20-15(21)6-10)16-11(2)7-12(8-13(16)18)17(22)19-3/h4-9H,1-3H3,(H,19,22). The van der Waals surface area contributed by atoms with Crippen molar-refractivity contribution in [3.8, 4) is 11.3 Å². The normalized spacial score (nSPS) is 10.9. The molecule has 0 aliphatic rings. The van der Waals surface area contributed by atoms with Crippen LogP contribution in [0.2, 0.25) is 0 Å². The van der Waals surface area contributed by atoms with Gasteiger partial charge in [0.2, 0.25) is 0 Å². The number of pyridine rings is 1. The summed E-state index contributed by atoms with van der Waals surface area (Å²) in [5.41, 5.74) is 3.83. The molecule has 0 atom stereocenters. The first kappa shape index (κ1) is 14.3. The van der Waals surface area contributed by atoms with Crippen molar-refractivity contribution in [2.24, 2.45) is 0 Å². The van der Waals surface area contributed by atoms with Crippen LogP contribution in [0.15, 0.2) is 36.7 Å². The van der Waals surface area contributed by atoms with Gasteiger partial charge in [-0.2, -0.15) is 0 Å². The largest absolute Gasteiger partial charge is 0.355 e. The maximum Gasteiger partial charge on any atom is 0.251 e. The summed E-state index contributed by atoms with van der Waals surface area (Å²) >= 11 is 0. The van der Waals surface area contributed by atoms with Crippen LogP contribution in [0.5, 0.6) is 0 Å². The van der Waals surface area contributed by atoms with Gasteiger partial charge in [0.15, 0.2) is 0 Å². The Bertz CT molecular complexity index is 860. The van der Waals surface area contributed by atoms with Crippen molar-refractivity contribution < 1.29 is 9.18 Å². The molecule has 2 aromatic heterocycles. The second-order valence-electron chi connectivity index (χ2n) is 5.32. The molecule has 3 aromatic rings. The van der Waals surface area contributed by atoms with E-state index in [4.69, 9.17) is 0 Å². The molecule has 22 heavy (non-hydrogen) atoms. The van der Waals surface area contributed by atoms with Crippen LogP contribution in [0.1, 0.15) is 21.5 Å². The van der Waals surface area contributed by atoms with Crippen molar-refractivity contribution in [1.82, 2.24) is 14.7 Å². The third-order valence-electron chi connectivity index (χ3n) is 3.65. The Kier molecular flexibility index (Phi) is 3.41. The second-order valence-corrected chi connectivity index (χ2v) is 5.32. The molecule has 0 saturated heterocycles.